The molecule has 20 heavy (non-hydrogen) atoms. The van der Waals surface area contributed by atoms with Crippen molar-refractivity contribution in [3.05, 3.63) is 47.5 Å². The monoisotopic (exact) mass is 282 g/mol. The molecule has 1 atom stereocenters. The highest BCUT2D eigenvalue weighted by Crippen LogP contribution is 2.42. The Kier molecular flexibility index (Phi) is 3.78. The Balaban J connectivity index is 2.77. The van der Waals surface area contributed by atoms with Crippen LogP contribution in [-0.4, -0.2) is 11.3 Å². The molecule has 0 amide bonds. The van der Waals surface area contributed by atoms with Crippen molar-refractivity contribution < 1.29 is 18.3 Å². The second-order valence-corrected chi connectivity index (χ2v) is 5.14. The Morgan fingerprint density at radius 1 is 1.05 bits per heavy atom. The van der Waals surface area contributed by atoms with Crippen molar-refractivity contribution in [3.63, 3.8) is 0 Å². The molecule has 1 unspecified atom stereocenters. The van der Waals surface area contributed by atoms with Crippen molar-refractivity contribution in [2.24, 2.45) is 0 Å². The number of hydrogen-bond acceptors (Lipinski definition) is 1. The van der Waals surface area contributed by atoms with Gasteiger partial charge in [0, 0.05) is 5.56 Å². The van der Waals surface area contributed by atoms with Crippen LogP contribution < -0.4 is 0 Å². The van der Waals surface area contributed by atoms with E-state index in [0.29, 0.717) is 11.8 Å². The highest BCUT2D eigenvalue weighted by molar-refractivity contribution is 5.89. The summed E-state index contributed by atoms with van der Waals surface area (Å²) in [6.45, 7) is 2.79. The van der Waals surface area contributed by atoms with Gasteiger partial charge in [-0.3, -0.25) is 0 Å². The number of rotatable bonds is 3. The fraction of sp³-hybridized carbons (Fsp3) is 0.375. The lowest BCUT2D eigenvalue weighted by Crippen LogP contribution is -2.39. The van der Waals surface area contributed by atoms with Crippen LogP contribution in [0.2, 0.25) is 0 Å². The summed E-state index contributed by atoms with van der Waals surface area (Å²) in [6, 6.07) is 10.1. The maximum atomic E-state index is 13.1. The van der Waals surface area contributed by atoms with Gasteiger partial charge in [-0.1, -0.05) is 49.7 Å². The van der Waals surface area contributed by atoms with Crippen LogP contribution in [0.15, 0.2) is 36.4 Å². The maximum absolute atomic E-state index is 13.1. The van der Waals surface area contributed by atoms with Crippen molar-refractivity contribution >= 4 is 10.8 Å². The highest BCUT2D eigenvalue weighted by atomic mass is 19.4. The molecule has 0 fully saturated rings. The van der Waals surface area contributed by atoms with Gasteiger partial charge in [-0.05, 0) is 29.7 Å². The second-order valence-electron chi connectivity index (χ2n) is 5.14. The first kappa shape index (κ1) is 14.9. The summed E-state index contributed by atoms with van der Waals surface area (Å²) in [5.74, 6) is 0. The van der Waals surface area contributed by atoms with E-state index in [4.69, 9.17) is 0 Å². The number of halogens is 3. The topological polar surface area (TPSA) is 20.2 Å². The van der Waals surface area contributed by atoms with Gasteiger partial charge in [-0.15, -0.1) is 0 Å². The Labute approximate surface area is 116 Å². The van der Waals surface area contributed by atoms with E-state index < -0.39 is 11.8 Å². The summed E-state index contributed by atoms with van der Waals surface area (Å²) in [6.07, 6.45) is -3.19. The number of benzene rings is 2. The molecule has 0 aliphatic carbocycles. The molecule has 2 aromatic carbocycles. The molecule has 0 spiro atoms. The van der Waals surface area contributed by atoms with Gasteiger partial charge in [-0.25, -0.2) is 0 Å². The third kappa shape index (κ3) is 2.40. The second kappa shape index (κ2) is 5.09. The molecule has 1 N–H and O–H groups in total. The molecule has 4 heteroatoms. The molecule has 0 radical (unpaired) electrons. The molecule has 0 bridgehead atoms. The molecule has 2 aromatic rings. The first-order chi connectivity index (χ1) is 9.29. The van der Waals surface area contributed by atoms with Gasteiger partial charge in [0.25, 0.3) is 0 Å². The maximum Gasteiger partial charge on any atom is 0.421 e. The largest absolute Gasteiger partial charge is 0.421 e. The molecule has 0 aliphatic rings. The van der Waals surface area contributed by atoms with E-state index in [9.17, 15) is 18.3 Å². The molecule has 108 valence electrons. The third-order valence-electron chi connectivity index (χ3n) is 3.59. The summed E-state index contributed by atoms with van der Waals surface area (Å²) >= 11 is 0. The number of aryl methyl sites for hydroxylation is 1. The van der Waals surface area contributed by atoms with E-state index in [1.165, 1.54) is 6.07 Å². The van der Waals surface area contributed by atoms with Gasteiger partial charge < -0.3 is 5.11 Å². The van der Waals surface area contributed by atoms with Gasteiger partial charge in [0.05, 0.1) is 0 Å². The zero-order chi connectivity index (χ0) is 15.0. The Hall–Kier alpha value is -1.55. The summed E-state index contributed by atoms with van der Waals surface area (Å²) in [7, 11) is 0. The van der Waals surface area contributed by atoms with Gasteiger partial charge in [0.2, 0.25) is 0 Å². The molecule has 2 rings (SSSR count). The molecule has 0 heterocycles. The summed E-state index contributed by atoms with van der Waals surface area (Å²) in [4.78, 5) is 0. The average molecular weight is 282 g/mol. The Morgan fingerprint density at radius 3 is 2.20 bits per heavy atom. The van der Waals surface area contributed by atoms with Gasteiger partial charge in [0.15, 0.2) is 5.60 Å². The Morgan fingerprint density at radius 2 is 1.65 bits per heavy atom. The minimum atomic E-state index is -4.71. The van der Waals surface area contributed by atoms with Crippen LogP contribution in [0.25, 0.3) is 10.8 Å². The summed E-state index contributed by atoms with van der Waals surface area (Å²) in [5.41, 5.74) is -2.09. The van der Waals surface area contributed by atoms with Crippen molar-refractivity contribution in [3.8, 4) is 0 Å². The van der Waals surface area contributed by atoms with Crippen LogP contribution in [0.5, 0.6) is 0 Å². The summed E-state index contributed by atoms with van der Waals surface area (Å²) in [5, 5.41) is 11.2. The standard InChI is InChI=1S/C16H17F3O/c1-3-6-11-7-4-8-12-9-5-10-13(14(11)12)15(2,20)16(17,18)19/h4-5,7-10,20H,3,6H2,1-2H3. The predicted octanol–water partition coefficient (Wildman–Crippen LogP) is 4.56. The summed E-state index contributed by atoms with van der Waals surface area (Å²) < 4.78 is 39.3. The van der Waals surface area contributed by atoms with Crippen molar-refractivity contribution in [1.29, 1.82) is 0 Å². The van der Waals surface area contributed by atoms with Gasteiger partial charge >= 0.3 is 6.18 Å². The van der Waals surface area contributed by atoms with Crippen LogP contribution in [0.1, 0.15) is 31.4 Å². The van der Waals surface area contributed by atoms with E-state index in [0.717, 1.165) is 24.3 Å². The molecular formula is C16H17F3O. The van der Waals surface area contributed by atoms with E-state index in [2.05, 4.69) is 0 Å². The highest BCUT2D eigenvalue weighted by Gasteiger charge is 2.51. The zero-order valence-corrected chi connectivity index (χ0v) is 11.5. The average Bonchev–Trinajstić information content (AvgIpc) is 2.37. The fourth-order valence-corrected chi connectivity index (χ4v) is 2.45. The molecule has 1 nitrogen and oxygen atoms in total. The predicted molar refractivity (Wildman–Crippen MR) is 73.6 cm³/mol. The van der Waals surface area contributed by atoms with Crippen LogP contribution >= 0.6 is 0 Å². The van der Waals surface area contributed by atoms with E-state index in [1.54, 1.807) is 18.2 Å². The smallest absolute Gasteiger partial charge is 0.376 e. The molecule has 0 aliphatic heterocycles. The molecule has 0 aromatic heterocycles. The number of fused-ring (bicyclic) bond motifs is 1. The Bertz CT molecular complexity index is 609. The van der Waals surface area contributed by atoms with Crippen molar-refractivity contribution in [1.82, 2.24) is 0 Å². The minimum absolute atomic E-state index is 0.0773. The SMILES string of the molecule is CCCc1cccc2cccc(C(C)(O)C(F)(F)F)c12. The minimum Gasteiger partial charge on any atom is -0.376 e. The van der Waals surface area contributed by atoms with Crippen LogP contribution in [0, 0.1) is 0 Å². The normalized spacial score (nSPS) is 15.3. The van der Waals surface area contributed by atoms with Gasteiger partial charge in [0.1, 0.15) is 0 Å². The van der Waals surface area contributed by atoms with Crippen LogP contribution in [0.3, 0.4) is 0 Å². The fourth-order valence-electron chi connectivity index (χ4n) is 2.45. The lowest BCUT2D eigenvalue weighted by Gasteiger charge is -2.28. The lowest BCUT2D eigenvalue weighted by molar-refractivity contribution is -0.258. The van der Waals surface area contributed by atoms with E-state index in [1.807, 2.05) is 19.1 Å². The molecule has 0 saturated heterocycles. The first-order valence-electron chi connectivity index (χ1n) is 6.59. The zero-order valence-electron chi connectivity index (χ0n) is 11.5. The number of hydrogen-bond donors (Lipinski definition) is 1. The third-order valence-corrected chi connectivity index (χ3v) is 3.59. The molecule has 0 saturated carbocycles. The van der Waals surface area contributed by atoms with Crippen LogP contribution in [0.4, 0.5) is 13.2 Å². The van der Waals surface area contributed by atoms with Crippen molar-refractivity contribution in [2.45, 2.75) is 38.5 Å². The van der Waals surface area contributed by atoms with Crippen LogP contribution in [-0.2, 0) is 12.0 Å². The number of alkyl halides is 3. The van der Waals surface area contributed by atoms with Gasteiger partial charge in [-0.2, -0.15) is 13.2 Å². The van der Waals surface area contributed by atoms with Crippen molar-refractivity contribution in [2.75, 3.05) is 0 Å². The lowest BCUT2D eigenvalue weighted by atomic mass is 9.87. The molecular weight excluding hydrogens is 265 g/mol. The van der Waals surface area contributed by atoms with E-state index in [-0.39, 0.29) is 5.56 Å². The first-order valence-corrected chi connectivity index (χ1v) is 6.59. The quantitative estimate of drug-likeness (QED) is 0.874. The van der Waals surface area contributed by atoms with E-state index >= 15 is 0 Å². The number of aliphatic hydroxyl groups is 1.